The second-order valence-electron chi connectivity index (χ2n) is 9.79. The van der Waals surface area contributed by atoms with Gasteiger partial charge in [-0.15, -0.1) is 0 Å². The van der Waals surface area contributed by atoms with Crippen molar-refractivity contribution in [3.8, 4) is 17.2 Å². The molecule has 11 heteroatoms. The van der Waals surface area contributed by atoms with Crippen LogP contribution in [0.4, 0.5) is 27.8 Å². The standard InChI is InChI=1S/C28H35ClN6O4/c1-19-22(37-4)16-23(38-5)26(29)27(19)33-28(36)35(2,3)25-17-24(30-18-31-25)32-20-8-10-21(11-9-20)39-15-14-34-12-6-7-13-34/h8-11,16-18H,6-7,12-15H2,1-5H3,(H-,30,31,32,33,36)/p+1. The highest BCUT2D eigenvalue weighted by Crippen LogP contribution is 2.41. The van der Waals surface area contributed by atoms with Gasteiger partial charge in [-0.3, -0.25) is 10.2 Å². The molecule has 4 rings (SSSR count). The fraction of sp³-hybridized carbons (Fsp3) is 0.393. The van der Waals surface area contributed by atoms with Crippen LogP contribution in [0.3, 0.4) is 0 Å². The summed E-state index contributed by atoms with van der Waals surface area (Å²) in [5.41, 5.74) is 1.94. The molecule has 0 saturated carbocycles. The first kappa shape index (κ1) is 28.4. The van der Waals surface area contributed by atoms with Crippen LogP contribution in [0.25, 0.3) is 0 Å². The molecule has 1 fully saturated rings. The Morgan fingerprint density at radius 3 is 2.41 bits per heavy atom. The molecule has 0 aliphatic carbocycles. The number of hydrogen-bond acceptors (Lipinski definition) is 8. The zero-order chi connectivity index (χ0) is 28.0. The zero-order valence-corrected chi connectivity index (χ0v) is 23.8. The van der Waals surface area contributed by atoms with E-state index in [1.54, 1.807) is 33.3 Å². The number of ether oxygens (including phenoxy) is 3. The first-order valence-electron chi connectivity index (χ1n) is 12.8. The number of methoxy groups -OCH3 is 2. The van der Waals surface area contributed by atoms with Crippen molar-refractivity contribution in [2.24, 2.45) is 0 Å². The van der Waals surface area contributed by atoms with Gasteiger partial charge in [-0.1, -0.05) is 11.6 Å². The number of urea groups is 1. The van der Waals surface area contributed by atoms with Gasteiger partial charge in [-0.2, -0.15) is 9.47 Å². The van der Waals surface area contributed by atoms with E-state index >= 15 is 0 Å². The summed E-state index contributed by atoms with van der Waals surface area (Å²) in [5, 5.41) is 6.48. The third-order valence-electron chi connectivity index (χ3n) is 6.85. The van der Waals surface area contributed by atoms with Crippen LogP contribution >= 0.6 is 11.6 Å². The van der Waals surface area contributed by atoms with Gasteiger partial charge in [0.05, 0.1) is 40.1 Å². The largest absolute Gasteiger partial charge is 0.496 e. The van der Waals surface area contributed by atoms with Gasteiger partial charge in [0, 0.05) is 23.9 Å². The minimum absolute atomic E-state index is 0.212. The van der Waals surface area contributed by atoms with Crippen LogP contribution in [-0.2, 0) is 0 Å². The first-order valence-corrected chi connectivity index (χ1v) is 13.2. The van der Waals surface area contributed by atoms with Crippen molar-refractivity contribution in [2.75, 3.05) is 65.2 Å². The fourth-order valence-electron chi connectivity index (χ4n) is 4.36. The molecule has 0 radical (unpaired) electrons. The topological polar surface area (TPSA) is 97.8 Å². The molecule has 208 valence electrons. The lowest BCUT2D eigenvalue weighted by Crippen LogP contribution is -2.50. The fourth-order valence-corrected chi connectivity index (χ4v) is 4.68. The number of benzene rings is 2. The Morgan fingerprint density at radius 2 is 1.74 bits per heavy atom. The molecule has 1 aromatic heterocycles. The molecular weight excluding hydrogens is 520 g/mol. The minimum atomic E-state index is -0.351. The molecule has 1 aliphatic rings. The molecule has 3 aromatic rings. The highest BCUT2D eigenvalue weighted by atomic mass is 35.5. The number of hydrogen-bond donors (Lipinski definition) is 2. The van der Waals surface area contributed by atoms with E-state index in [1.165, 1.54) is 26.3 Å². The third kappa shape index (κ3) is 6.70. The van der Waals surface area contributed by atoms with Gasteiger partial charge < -0.3 is 19.5 Å². The summed E-state index contributed by atoms with van der Waals surface area (Å²) in [5.74, 6) is 2.81. The number of quaternary nitrogens is 1. The van der Waals surface area contributed by atoms with Crippen LogP contribution in [0.15, 0.2) is 42.7 Å². The van der Waals surface area contributed by atoms with Crippen molar-refractivity contribution in [3.05, 3.63) is 53.3 Å². The summed E-state index contributed by atoms with van der Waals surface area (Å²) in [6.45, 7) is 5.75. The number of carbonyl (C=O) groups excluding carboxylic acids is 1. The molecule has 1 aliphatic heterocycles. The van der Waals surface area contributed by atoms with E-state index in [0.717, 1.165) is 31.1 Å². The molecular formula is C28H36ClN6O4+. The molecule has 0 unspecified atom stereocenters. The molecule has 0 atom stereocenters. The normalized spacial score (nSPS) is 13.7. The maximum Gasteiger partial charge on any atom is 0.427 e. The molecule has 10 nitrogen and oxygen atoms in total. The Balaban J connectivity index is 1.43. The number of anilines is 3. The molecule has 2 aromatic carbocycles. The Kier molecular flexibility index (Phi) is 9.11. The minimum Gasteiger partial charge on any atom is -0.496 e. The summed E-state index contributed by atoms with van der Waals surface area (Å²) in [6, 6.07) is 10.8. The number of carbonyl (C=O) groups is 1. The van der Waals surface area contributed by atoms with E-state index in [1.807, 2.05) is 31.2 Å². The smallest absolute Gasteiger partial charge is 0.427 e. The second kappa shape index (κ2) is 12.5. The third-order valence-corrected chi connectivity index (χ3v) is 7.22. The van der Waals surface area contributed by atoms with Gasteiger partial charge >= 0.3 is 6.03 Å². The van der Waals surface area contributed by atoms with E-state index < -0.39 is 0 Å². The maximum atomic E-state index is 13.4. The van der Waals surface area contributed by atoms with Crippen LogP contribution in [0, 0.1) is 6.92 Å². The lowest BCUT2D eigenvalue weighted by Gasteiger charge is -2.26. The molecule has 1 saturated heterocycles. The summed E-state index contributed by atoms with van der Waals surface area (Å²) >= 11 is 6.52. The number of amides is 2. The Hall–Kier alpha value is -3.60. The molecule has 2 N–H and O–H groups in total. The number of halogens is 1. The molecule has 0 spiro atoms. The number of rotatable bonds is 10. The lowest BCUT2D eigenvalue weighted by atomic mass is 10.1. The quantitative estimate of drug-likeness (QED) is 0.318. The summed E-state index contributed by atoms with van der Waals surface area (Å²) in [6.07, 6.45) is 3.97. The molecule has 0 bridgehead atoms. The van der Waals surface area contributed by atoms with E-state index in [4.69, 9.17) is 25.8 Å². The lowest BCUT2D eigenvalue weighted by molar-refractivity contribution is 0.229. The van der Waals surface area contributed by atoms with Crippen molar-refractivity contribution < 1.29 is 19.0 Å². The summed E-state index contributed by atoms with van der Waals surface area (Å²) in [7, 11) is 6.52. The van der Waals surface area contributed by atoms with E-state index in [0.29, 0.717) is 41.0 Å². The van der Waals surface area contributed by atoms with Gasteiger partial charge in [-0.05, 0) is 57.1 Å². The average Bonchev–Trinajstić information content (AvgIpc) is 3.46. The number of nitrogens with one attached hydrogen (secondary N) is 2. The summed E-state index contributed by atoms with van der Waals surface area (Å²) in [4.78, 5) is 24.6. The van der Waals surface area contributed by atoms with Crippen molar-refractivity contribution in [1.82, 2.24) is 19.4 Å². The Bertz CT molecular complexity index is 1270. The maximum absolute atomic E-state index is 13.4. The monoisotopic (exact) mass is 555 g/mol. The van der Waals surface area contributed by atoms with Gasteiger partial charge in [-0.25, -0.2) is 9.78 Å². The summed E-state index contributed by atoms with van der Waals surface area (Å²) < 4.78 is 16.4. The van der Waals surface area contributed by atoms with E-state index in [2.05, 4.69) is 25.5 Å². The number of nitrogens with zero attached hydrogens (tertiary/aromatic N) is 4. The van der Waals surface area contributed by atoms with Crippen molar-refractivity contribution in [3.63, 3.8) is 0 Å². The molecule has 2 amide bonds. The predicted octanol–water partition coefficient (Wildman–Crippen LogP) is 5.47. The predicted molar refractivity (Wildman–Crippen MR) is 155 cm³/mol. The van der Waals surface area contributed by atoms with Crippen LogP contribution < -0.4 is 29.3 Å². The number of likely N-dealkylation sites (tertiary alicyclic amines) is 1. The van der Waals surface area contributed by atoms with E-state index in [9.17, 15) is 4.79 Å². The van der Waals surface area contributed by atoms with Crippen LogP contribution in [-0.4, -0.2) is 75.5 Å². The van der Waals surface area contributed by atoms with Crippen molar-refractivity contribution >= 4 is 40.6 Å². The zero-order valence-electron chi connectivity index (χ0n) is 23.1. The first-order chi connectivity index (χ1) is 18.7. The second-order valence-corrected chi connectivity index (χ2v) is 10.2. The van der Waals surface area contributed by atoms with Crippen LogP contribution in [0.1, 0.15) is 18.4 Å². The van der Waals surface area contributed by atoms with E-state index in [-0.39, 0.29) is 15.5 Å². The van der Waals surface area contributed by atoms with Gasteiger partial charge in [0.15, 0.2) is 0 Å². The van der Waals surface area contributed by atoms with Crippen LogP contribution in [0.5, 0.6) is 17.2 Å². The SMILES string of the molecule is COc1cc(OC)c(Cl)c(NC(=O)[N+](C)(C)c2cc(Nc3ccc(OCCN4CCCC4)cc3)ncn2)c1C. The molecule has 39 heavy (non-hydrogen) atoms. The van der Waals surface area contributed by atoms with Crippen molar-refractivity contribution in [1.29, 1.82) is 0 Å². The average molecular weight is 556 g/mol. The Morgan fingerprint density at radius 1 is 1.05 bits per heavy atom. The number of aromatic nitrogens is 2. The molecule has 2 heterocycles. The van der Waals surface area contributed by atoms with Gasteiger partial charge in [0.25, 0.3) is 0 Å². The van der Waals surface area contributed by atoms with Crippen molar-refractivity contribution in [2.45, 2.75) is 19.8 Å². The van der Waals surface area contributed by atoms with Gasteiger partial charge in [0.2, 0.25) is 5.82 Å². The van der Waals surface area contributed by atoms with Crippen LogP contribution in [0.2, 0.25) is 5.02 Å². The van der Waals surface area contributed by atoms with Gasteiger partial charge in [0.1, 0.15) is 41.0 Å². The Labute approximate surface area is 234 Å². The highest BCUT2D eigenvalue weighted by Gasteiger charge is 2.33. The highest BCUT2D eigenvalue weighted by molar-refractivity contribution is 6.35.